The van der Waals surface area contributed by atoms with Gasteiger partial charge in [0.25, 0.3) is 0 Å². The van der Waals surface area contributed by atoms with E-state index < -0.39 is 24.2 Å². The summed E-state index contributed by atoms with van der Waals surface area (Å²) in [4.78, 5) is 43.6. The summed E-state index contributed by atoms with van der Waals surface area (Å²) >= 11 is 1.23. The Morgan fingerprint density at radius 2 is 1.59 bits per heavy atom. The molecule has 13 heteroatoms. The quantitative estimate of drug-likeness (QED) is 0.240. The lowest BCUT2D eigenvalue weighted by molar-refractivity contribution is -0.274. The smallest absolute Gasteiger partial charge is 0.406 e. The van der Waals surface area contributed by atoms with Gasteiger partial charge in [-0.25, -0.2) is 9.59 Å². The number of rotatable bonds is 8. The fourth-order valence-electron chi connectivity index (χ4n) is 4.51. The standard InChI is InChI=1S/C31H32F3N5O4S/c1-18(2)25-14-5-19(3)15-26(25)39-27(40)17-44-30(39)38-28(41)35-20(4)16-21-6-8-22(9-7-21)36-29(42)37-23-10-12-24(13-11-23)43-31(32,33)34/h5-15,18,20H,16-17H2,1-4H3,(H,35,41)(H2,36,37,42)/b38-30-. The van der Waals surface area contributed by atoms with Crippen LogP contribution in [0.15, 0.2) is 71.7 Å². The van der Waals surface area contributed by atoms with E-state index in [4.69, 9.17) is 0 Å². The molecule has 1 heterocycles. The van der Waals surface area contributed by atoms with E-state index in [0.717, 1.165) is 34.5 Å². The Morgan fingerprint density at radius 1 is 0.977 bits per heavy atom. The van der Waals surface area contributed by atoms with Gasteiger partial charge in [0.1, 0.15) is 5.75 Å². The zero-order chi connectivity index (χ0) is 32.0. The molecule has 5 amide bonds. The minimum atomic E-state index is -4.80. The second-order valence-electron chi connectivity index (χ2n) is 10.5. The molecule has 1 aliphatic heterocycles. The number of anilines is 3. The molecule has 9 nitrogen and oxygen atoms in total. The third kappa shape index (κ3) is 8.99. The fourth-order valence-corrected chi connectivity index (χ4v) is 5.37. The molecule has 1 fully saturated rings. The summed E-state index contributed by atoms with van der Waals surface area (Å²) < 4.78 is 40.7. The van der Waals surface area contributed by atoms with E-state index in [1.54, 1.807) is 24.3 Å². The number of ether oxygens (including phenoxy) is 1. The first-order chi connectivity index (χ1) is 20.8. The molecular formula is C31H32F3N5O4S. The Hall–Kier alpha value is -4.52. The van der Waals surface area contributed by atoms with Crippen LogP contribution < -0.4 is 25.6 Å². The summed E-state index contributed by atoms with van der Waals surface area (Å²) in [6.45, 7) is 7.89. The average molecular weight is 628 g/mol. The zero-order valence-electron chi connectivity index (χ0n) is 24.5. The Morgan fingerprint density at radius 3 is 2.18 bits per heavy atom. The predicted molar refractivity (Wildman–Crippen MR) is 167 cm³/mol. The van der Waals surface area contributed by atoms with Crippen molar-refractivity contribution < 1.29 is 32.3 Å². The number of carbonyl (C=O) groups is 3. The van der Waals surface area contributed by atoms with Crippen molar-refractivity contribution in [1.82, 2.24) is 5.32 Å². The molecule has 232 valence electrons. The highest BCUT2D eigenvalue weighted by atomic mass is 32.2. The third-order valence-corrected chi connectivity index (χ3v) is 7.40. The normalized spacial score (nSPS) is 15.0. The Labute approximate surface area is 257 Å². The van der Waals surface area contributed by atoms with E-state index in [2.05, 4.69) is 25.7 Å². The van der Waals surface area contributed by atoms with Gasteiger partial charge in [0.2, 0.25) is 5.91 Å². The third-order valence-electron chi connectivity index (χ3n) is 6.48. The summed E-state index contributed by atoms with van der Waals surface area (Å²) in [5.41, 5.74) is 4.41. The molecule has 1 atom stereocenters. The van der Waals surface area contributed by atoms with E-state index in [0.29, 0.717) is 17.3 Å². The molecule has 1 aliphatic rings. The van der Waals surface area contributed by atoms with Gasteiger partial charge < -0.3 is 20.7 Å². The fraction of sp³-hybridized carbons (Fsp3) is 0.290. The van der Waals surface area contributed by atoms with Gasteiger partial charge in [-0.2, -0.15) is 4.99 Å². The van der Waals surface area contributed by atoms with Gasteiger partial charge in [-0.15, -0.1) is 13.2 Å². The summed E-state index contributed by atoms with van der Waals surface area (Å²) in [5, 5.41) is 8.37. The number of nitrogens with one attached hydrogen (secondary N) is 3. The summed E-state index contributed by atoms with van der Waals surface area (Å²) in [7, 11) is 0. The predicted octanol–water partition coefficient (Wildman–Crippen LogP) is 7.44. The summed E-state index contributed by atoms with van der Waals surface area (Å²) in [6.07, 6.45) is -4.31. The number of thioether (sulfide) groups is 1. The van der Waals surface area contributed by atoms with Crippen molar-refractivity contribution in [2.75, 3.05) is 21.3 Å². The Kier molecular flexibility index (Phi) is 10.2. The number of hydrogen-bond donors (Lipinski definition) is 3. The highest BCUT2D eigenvalue weighted by Gasteiger charge is 2.33. The van der Waals surface area contributed by atoms with E-state index >= 15 is 0 Å². The molecule has 0 saturated carbocycles. The van der Waals surface area contributed by atoms with Crippen LogP contribution in [0, 0.1) is 6.92 Å². The van der Waals surface area contributed by atoms with E-state index in [1.165, 1.54) is 28.8 Å². The molecule has 0 spiro atoms. The Balaban J connectivity index is 1.31. The van der Waals surface area contributed by atoms with Crippen LogP contribution in [0.5, 0.6) is 5.75 Å². The molecule has 3 N–H and O–H groups in total. The maximum absolute atomic E-state index is 12.8. The van der Waals surface area contributed by atoms with Crippen LogP contribution in [-0.2, 0) is 11.2 Å². The second-order valence-corrected chi connectivity index (χ2v) is 11.5. The van der Waals surface area contributed by atoms with Gasteiger partial charge in [-0.3, -0.25) is 9.69 Å². The van der Waals surface area contributed by atoms with Crippen molar-refractivity contribution in [2.45, 2.75) is 52.4 Å². The molecule has 1 unspecified atom stereocenters. The van der Waals surface area contributed by atoms with Crippen molar-refractivity contribution in [3.63, 3.8) is 0 Å². The van der Waals surface area contributed by atoms with Gasteiger partial charge in [0.05, 0.1) is 11.4 Å². The van der Waals surface area contributed by atoms with Gasteiger partial charge in [-0.1, -0.05) is 49.9 Å². The van der Waals surface area contributed by atoms with Gasteiger partial charge >= 0.3 is 18.4 Å². The van der Waals surface area contributed by atoms with Crippen molar-refractivity contribution in [3.05, 3.63) is 83.4 Å². The first-order valence-corrected chi connectivity index (χ1v) is 14.7. The van der Waals surface area contributed by atoms with Crippen LogP contribution in [0.25, 0.3) is 0 Å². The summed E-state index contributed by atoms with van der Waals surface area (Å²) in [6, 6.07) is 16.3. The SMILES string of the molecule is Cc1ccc(C(C)C)c(N2C(=O)CS/C2=N\C(=O)NC(C)Cc2ccc(NC(=O)Nc3ccc(OC(F)(F)F)cc3)cc2)c1. The number of aliphatic imine (C=N–C) groups is 1. The molecule has 0 bridgehead atoms. The number of amides is 5. The zero-order valence-corrected chi connectivity index (χ0v) is 25.3. The topological polar surface area (TPSA) is 112 Å². The lowest BCUT2D eigenvalue weighted by atomic mass is 9.99. The van der Waals surface area contributed by atoms with Crippen LogP contribution in [0.2, 0.25) is 0 Å². The van der Waals surface area contributed by atoms with E-state index in [-0.39, 0.29) is 29.3 Å². The maximum Gasteiger partial charge on any atom is 0.573 e. The van der Waals surface area contributed by atoms with E-state index in [1.807, 2.05) is 45.9 Å². The molecule has 3 aromatic rings. The summed E-state index contributed by atoms with van der Waals surface area (Å²) in [5.74, 6) is -0.140. The molecule has 44 heavy (non-hydrogen) atoms. The van der Waals surface area contributed by atoms with Crippen molar-refractivity contribution in [3.8, 4) is 5.75 Å². The molecule has 1 saturated heterocycles. The van der Waals surface area contributed by atoms with Crippen molar-refractivity contribution in [2.24, 2.45) is 4.99 Å². The number of alkyl halides is 3. The number of amidine groups is 1. The first kappa shape index (κ1) is 32.4. The molecule has 3 aromatic carbocycles. The van der Waals surface area contributed by atoms with Crippen LogP contribution in [0.1, 0.15) is 43.4 Å². The molecule has 4 rings (SSSR count). The second kappa shape index (κ2) is 13.8. The largest absolute Gasteiger partial charge is 0.573 e. The number of halogens is 3. The monoisotopic (exact) mass is 627 g/mol. The number of carbonyl (C=O) groups excluding carboxylic acids is 3. The number of aryl methyl sites for hydroxylation is 1. The van der Waals surface area contributed by atoms with Crippen LogP contribution in [-0.4, -0.2) is 41.3 Å². The van der Waals surface area contributed by atoms with Gasteiger partial charge in [0, 0.05) is 17.4 Å². The number of benzene rings is 3. The molecule has 0 aromatic heterocycles. The van der Waals surface area contributed by atoms with Gasteiger partial charge in [-0.05, 0) is 85.3 Å². The van der Waals surface area contributed by atoms with Crippen molar-refractivity contribution >= 4 is 52.0 Å². The Bertz CT molecular complexity index is 1540. The number of hydrogen-bond acceptors (Lipinski definition) is 5. The van der Waals surface area contributed by atoms with E-state index in [9.17, 15) is 27.6 Å². The molecule has 0 aliphatic carbocycles. The molecular weight excluding hydrogens is 595 g/mol. The highest BCUT2D eigenvalue weighted by molar-refractivity contribution is 8.15. The lowest BCUT2D eigenvalue weighted by Crippen LogP contribution is -2.35. The maximum atomic E-state index is 12.8. The first-order valence-electron chi connectivity index (χ1n) is 13.8. The average Bonchev–Trinajstić information content (AvgIpc) is 3.28. The van der Waals surface area contributed by atoms with Crippen LogP contribution in [0.4, 0.5) is 39.8 Å². The number of nitrogens with zero attached hydrogens (tertiary/aromatic N) is 2. The van der Waals surface area contributed by atoms with Gasteiger partial charge in [0.15, 0.2) is 5.17 Å². The lowest BCUT2D eigenvalue weighted by Gasteiger charge is -2.22. The van der Waals surface area contributed by atoms with Crippen LogP contribution >= 0.6 is 11.8 Å². The molecule has 0 radical (unpaired) electrons. The minimum absolute atomic E-state index is 0.127. The number of urea groups is 2. The minimum Gasteiger partial charge on any atom is -0.406 e. The van der Waals surface area contributed by atoms with Crippen molar-refractivity contribution in [1.29, 1.82) is 0 Å². The highest BCUT2D eigenvalue weighted by Crippen LogP contribution is 2.34. The van der Waals surface area contributed by atoms with Crippen LogP contribution in [0.3, 0.4) is 0 Å².